The first-order valence-corrected chi connectivity index (χ1v) is 13.2. The largest absolute Gasteiger partial charge is 0.413 e. The lowest BCUT2D eigenvalue weighted by Crippen LogP contribution is -2.52. The van der Waals surface area contributed by atoms with Gasteiger partial charge in [-0.25, -0.2) is 0 Å². The van der Waals surface area contributed by atoms with Gasteiger partial charge in [-0.05, 0) is 77.9 Å². The van der Waals surface area contributed by atoms with Crippen LogP contribution in [0.5, 0.6) is 0 Å². The van der Waals surface area contributed by atoms with E-state index < -0.39 is 8.32 Å². The Labute approximate surface area is 163 Å². The molecule has 0 radical (unpaired) electrons. The van der Waals surface area contributed by atoms with Crippen LogP contribution in [-0.4, -0.2) is 20.2 Å². The zero-order chi connectivity index (χ0) is 20.2. The summed E-state index contributed by atoms with van der Waals surface area (Å²) in [6.45, 7) is 20.0. The minimum atomic E-state index is -1.88. The summed E-state index contributed by atoms with van der Waals surface area (Å²) in [6, 6.07) is 0. The first-order valence-electron chi connectivity index (χ1n) is 10.3. The van der Waals surface area contributed by atoms with Crippen LogP contribution in [-0.2, 0) is 9.22 Å². The molecule has 150 valence electrons. The number of Topliss-reactive ketones (excluding diaryl/α,β-unsaturated/α-hetero) is 1. The van der Waals surface area contributed by atoms with E-state index in [4.69, 9.17) is 4.43 Å². The van der Waals surface area contributed by atoms with E-state index in [9.17, 15) is 4.79 Å². The maximum Gasteiger partial charge on any atom is 0.192 e. The summed E-state index contributed by atoms with van der Waals surface area (Å²) in [5, 5.41) is 0.171. The topological polar surface area (TPSA) is 26.3 Å². The third-order valence-corrected chi connectivity index (χ3v) is 10.9. The lowest BCUT2D eigenvalue weighted by atomic mass is 9.70. The van der Waals surface area contributed by atoms with Gasteiger partial charge in [-0.2, -0.15) is 0 Å². The molecule has 0 N–H and O–H groups in total. The number of hydrogen-bond acceptors (Lipinski definition) is 2. The molecule has 1 saturated carbocycles. The third-order valence-electron chi connectivity index (χ3n) is 6.43. The van der Waals surface area contributed by atoms with E-state index >= 15 is 0 Å². The van der Waals surface area contributed by atoms with Gasteiger partial charge in [0, 0.05) is 6.42 Å². The summed E-state index contributed by atoms with van der Waals surface area (Å²) in [6.07, 6.45) is 10.3. The minimum absolute atomic E-state index is 0.0615. The Morgan fingerprint density at radius 1 is 1.23 bits per heavy atom. The van der Waals surface area contributed by atoms with Crippen LogP contribution in [0, 0.1) is 5.41 Å². The van der Waals surface area contributed by atoms with Crippen molar-refractivity contribution >= 4 is 14.1 Å². The predicted molar refractivity (Wildman–Crippen MR) is 116 cm³/mol. The molecule has 1 fully saturated rings. The summed E-state index contributed by atoms with van der Waals surface area (Å²) in [5.41, 5.74) is 2.38. The van der Waals surface area contributed by atoms with Gasteiger partial charge in [0.25, 0.3) is 0 Å². The number of allylic oxidation sites excluding steroid dienone is 4. The van der Waals surface area contributed by atoms with E-state index in [0.717, 1.165) is 32.1 Å². The highest BCUT2D eigenvalue weighted by Crippen LogP contribution is 2.44. The normalized spacial score (nSPS) is 25.3. The van der Waals surface area contributed by atoms with Gasteiger partial charge in [0.1, 0.15) is 5.78 Å². The number of carbonyl (C=O) groups is 1. The molecule has 1 aliphatic rings. The van der Waals surface area contributed by atoms with Crippen molar-refractivity contribution in [3.8, 4) is 0 Å². The molecule has 2 nitrogen and oxygen atoms in total. The molecule has 0 unspecified atom stereocenters. The van der Waals surface area contributed by atoms with Crippen molar-refractivity contribution in [1.82, 2.24) is 0 Å². The van der Waals surface area contributed by atoms with Gasteiger partial charge in [-0.15, -0.1) is 0 Å². The van der Waals surface area contributed by atoms with Gasteiger partial charge in [-0.3, -0.25) is 4.79 Å². The van der Waals surface area contributed by atoms with Gasteiger partial charge in [0.05, 0.1) is 11.5 Å². The highest BCUT2D eigenvalue weighted by Gasteiger charge is 2.48. The maximum atomic E-state index is 12.9. The maximum absolute atomic E-state index is 12.9. The molecule has 0 aromatic heterocycles. The molecule has 0 spiro atoms. The highest BCUT2D eigenvalue weighted by atomic mass is 28.4. The number of ketones is 1. The fourth-order valence-corrected chi connectivity index (χ4v) is 4.72. The molecule has 26 heavy (non-hydrogen) atoms. The molecular formula is C23H42O2Si. The van der Waals surface area contributed by atoms with Crippen LogP contribution in [0.1, 0.15) is 87.0 Å². The molecular weight excluding hydrogens is 336 g/mol. The fraction of sp³-hybridized carbons (Fsp3) is 0.783. The SMILES string of the molecule is CC(C)=CCC/C(C)=C/C[C@]1(C)C(=O)CCC[C@H]1O[Si](C)(C)C(C)(C)C. The monoisotopic (exact) mass is 378 g/mol. The first kappa shape index (κ1) is 23.4. The Morgan fingerprint density at radius 2 is 1.85 bits per heavy atom. The van der Waals surface area contributed by atoms with Crippen molar-refractivity contribution in [1.29, 1.82) is 0 Å². The van der Waals surface area contributed by atoms with Crippen molar-refractivity contribution in [3.05, 3.63) is 23.3 Å². The van der Waals surface area contributed by atoms with E-state index in [-0.39, 0.29) is 16.6 Å². The molecule has 0 saturated heterocycles. The second kappa shape index (κ2) is 9.01. The van der Waals surface area contributed by atoms with Crippen LogP contribution in [0.15, 0.2) is 23.3 Å². The van der Waals surface area contributed by atoms with Crippen LogP contribution in [0.25, 0.3) is 0 Å². The summed E-state index contributed by atoms with van der Waals surface area (Å²) in [5.74, 6) is 0.390. The summed E-state index contributed by atoms with van der Waals surface area (Å²) >= 11 is 0. The second-order valence-electron chi connectivity index (χ2n) is 10.2. The minimum Gasteiger partial charge on any atom is -0.413 e. The average Bonchev–Trinajstić information content (AvgIpc) is 2.48. The van der Waals surface area contributed by atoms with Gasteiger partial charge in [-0.1, -0.05) is 44.1 Å². The van der Waals surface area contributed by atoms with Gasteiger partial charge < -0.3 is 4.43 Å². The van der Waals surface area contributed by atoms with Crippen LogP contribution in [0.3, 0.4) is 0 Å². The summed E-state index contributed by atoms with van der Waals surface area (Å²) in [7, 11) is -1.88. The number of carbonyl (C=O) groups excluding carboxylic acids is 1. The second-order valence-corrected chi connectivity index (χ2v) is 14.9. The Balaban J connectivity index is 2.91. The lowest BCUT2D eigenvalue weighted by molar-refractivity contribution is -0.137. The van der Waals surface area contributed by atoms with Gasteiger partial charge in [0.2, 0.25) is 0 Å². The molecule has 0 aliphatic heterocycles. The molecule has 0 aromatic carbocycles. The Hall–Kier alpha value is -0.673. The van der Waals surface area contributed by atoms with E-state index in [1.165, 1.54) is 11.1 Å². The zero-order valence-corrected chi connectivity index (χ0v) is 19.8. The Morgan fingerprint density at radius 3 is 2.38 bits per heavy atom. The number of rotatable bonds is 7. The molecule has 0 aromatic rings. The van der Waals surface area contributed by atoms with Crippen LogP contribution >= 0.6 is 0 Å². The fourth-order valence-electron chi connectivity index (χ4n) is 3.28. The molecule has 1 rings (SSSR count). The zero-order valence-electron chi connectivity index (χ0n) is 18.8. The summed E-state index contributed by atoms with van der Waals surface area (Å²) in [4.78, 5) is 12.9. The molecule has 1 aliphatic carbocycles. The molecule has 0 bridgehead atoms. The summed E-state index contributed by atoms with van der Waals surface area (Å²) < 4.78 is 6.75. The van der Waals surface area contributed by atoms with Crippen molar-refractivity contribution in [2.75, 3.05) is 0 Å². The van der Waals surface area contributed by atoms with Gasteiger partial charge in [0.15, 0.2) is 8.32 Å². The molecule has 2 atom stereocenters. The lowest BCUT2D eigenvalue weighted by Gasteiger charge is -2.46. The third kappa shape index (κ3) is 6.19. The van der Waals surface area contributed by atoms with E-state index in [0.29, 0.717) is 12.2 Å². The molecule has 0 amide bonds. The quantitative estimate of drug-likeness (QED) is 0.345. The average molecular weight is 379 g/mol. The number of hydrogen-bond donors (Lipinski definition) is 0. The van der Waals surface area contributed by atoms with Crippen LogP contribution in [0.2, 0.25) is 18.1 Å². The molecule has 3 heteroatoms. The van der Waals surface area contributed by atoms with E-state index in [1.54, 1.807) is 0 Å². The van der Waals surface area contributed by atoms with Crippen molar-refractivity contribution in [3.63, 3.8) is 0 Å². The van der Waals surface area contributed by atoms with Gasteiger partial charge >= 0.3 is 0 Å². The Kier molecular flexibility index (Phi) is 8.10. The first-order chi connectivity index (χ1) is 11.8. The van der Waals surface area contributed by atoms with Crippen LogP contribution < -0.4 is 0 Å². The van der Waals surface area contributed by atoms with Crippen molar-refractivity contribution < 1.29 is 9.22 Å². The van der Waals surface area contributed by atoms with Crippen molar-refractivity contribution in [2.45, 2.75) is 111 Å². The standard InChI is InChI=1S/C23H42O2Si/c1-18(2)12-10-13-19(3)16-17-23(7)20(24)14-11-15-21(23)25-26(8,9)22(4,5)6/h12,16,21H,10-11,13-15,17H2,1-9H3/b19-16+/t21-,23-/m1/s1. The molecule has 0 heterocycles. The Bertz CT molecular complexity index is 547. The highest BCUT2D eigenvalue weighted by molar-refractivity contribution is 6.74. The predicted octanol–water partition coefficient (Wildman–Crippen LogP) is 7.22. The van der Waals surface area contributed by atoms with E-state index in [1.807, 2.05) is 0 Å². The smallest absolute Gasteiger partial charge is 0.192 e. The van der Waals surface area contributed by atoms with Crippen molar-refractivity contribution in [2.24, 2.45) is 5.41 Å². The van der Waals surface area contributed by atoms with Crippen LogP contribution in [0.4, 0.5) is 0 Å². The van der Waals surface area contributed by atoms with E-state index in [2.05, 4.69) is 73.7 Å².